The van der Waals surface area contributed by atoms with Gasteiger partial charge in [-0.15, -0.1) is 0 Å². The summed E-state index contributed by atoms with van der Waals surface area (Å²) in [5, 5.41) is 12.7. The van der Waals surface area contributed by atoms with Gasteiger partial charge in [0.15, 0.2) is 0 Å². The van der Waals surface area contributed by atoms with E-state index >= 15 is 0 Å². The summed E-state index contributed by atoms with van der Waals surface area (Å²) in [5.41, 5.74) is 0. The Labute approximate surface area is 100 Å². The van der Waals surface area contributed by atoms with Crippen molar-refractivity contribution < 1.29 is 5.11 Å². The van der Waals surface area contributed by atoms with Gasteiger partial charge in [0.25, 0.3) is 0 Å². The van der Waals surface area contributed by atoms with E-state index < -0.39 is 0 Å². The second kappa shape index (κ2) is 7.25. The maximum atomic E-state index is 9.15. The van der Waals surface area contributed by atoms with E-state index in [-0.39, 0.29) is 6.61 Å². The highest BCUT2D eigenvalue weighted by Gasteiger charge is 2.20. The first-order chi connectivity index (χ1) is 7.65. The van der Waals surface area contributed by atoms with Gasteiger partial charge in [-0.05, 0) is 38.3 Å². The molecule has 1 aliphatic heterocycles. The fourth-order valence-electron chi connectivity index (χ4n) is 2.43. The summed E-state index contributed by atoms with van der Waals surface area (Å²) in [7, 11) is 0. The van der Waals surface area contributed by atoms with Crippen LogP contribution in [0.4, 0.5) is 0 Å². The zero-order valence-electron chi connectivity index (χ0n) is 11.1. The minimum Gasteiger partial charge on any atom is -0.395 e. The Morgan fingerprint density at radius 1 is 1.31 bits per heavy atom. The number of rotatable bonds is 6. The number of likely N-dealkylation sites (tertiary alicyclic amines) is 1. The highest BCUT2D eigenvalue weighted by Crippen LogP contribution is 2.13. The van der Waals surface area contributed by atoms with E-state index in [0.717, 1.165) is 12.3 Å². The molecule has 1 saturated heterocycles. The van der Waals surface area contributed by atoms with Gasteiger partial charge in [-0.2, -0.15) is 0 Å². The SMILES string of the molecule is CC[C@H](CO)NC1CCN(CC(C)C)CC1. The van der Waals surface area contributed by atoms with Gasteiger partial charge in [0.05, 0.1) is 6.61 Å². The predicted molar refractivity (Wildman–Crippen MR) is 68.6 cm³/mol. The van der Waals surface area contributed by atoms with Crippen LogP contribution in [-0.2, 0) is 0 Å². The number of nitrogens with zero attached hydrogens (tertiary/aromatic N) is 1. The second-order valence-electron chi connectivity index (χ2n) is 5.42. The zero-order valence-corrected chi connectivity index (χ0v) is 11.1. The lowest BCUT2D eigenvalue weighted by atomic mass is 10.0. The Morgan fingerprint density at radius 3 is 2.38 bits per heavy atom. The maximum Gasteiger partial charge on any atom is 0.0584 e. The summed E-state index contributed by atoms with van der Waals surface area (Å²) >= 11 is 0. The van der Waals surface area contributed by atoms with E-state index in [1.165, 1.54) is 32.5 Å². The minimum atomic E-state index is 0.267. The van der Waals surface area contributed by atoms with Gasteiger partial charge in [-0.3, -0.25) is 0 Å². The first-order valence-electron chi connectivity index (χ1n) is 6.75. The van der Waals surface area contributed by atoms with E-state index in [2.05, 4.69) is 31.0 Å². The third-order valence-electron chi connectivity index (χ3n) is 3.40. The quantitative estimate of drug-likeness (QED) is 0.722. The molecule has 3 heteroatoms. The van der Waals surface area contributed by atoms with Crippen LogP contribution in [0.5, 0.6) is 0 Å². The Morgan fingerprint density at radius 2 is 1.94 bits per heavy atom. The molecular weight excluding hydrogens is 200 g/mol. The predicted octanol–water partition coefficient (Wildman–Crippen LogP) is 1.47. The molecule has 0 radical (unpaired) electrons. The lowest BCUT2D eigenvalue weighted by Crippen LogP contribution is -2.47. The van der Waals surface area contributed by atoms with E-state index in [1.54, 1.807) is 0 Å². The number of hydrogen-bond donors (Lipinski definition) is 2. The molecule has 96 valence electrons. The first-order valence-corrected chi connectivity index (χ1v) is 6.75. The van der Waals surface area contributed by atoms with Crippen molar-refractivity contribution in [2.75, 3.05) is 26.2 Å². The molecule has 0 aromatic heterocycles. The molecule has 3 nitrogen and oxygen atoms in total. The van der Waals surface area contributed by atoms with Gasteiger partial charge in [0.1, 0.15) is 0 Å². The molecule has 0 aliphatic carbocycles. The van der Waals surface area contributed by atoms with Crippen molar-refractivity contribution >= 4 is 0 Å². The van der Waals surface area contributed by atoms with Crippen molar-refractivity contribution in [2.24, 2.45) is 5.92 Å². The molecule has 0 saturated carbocycles. The van der Waals surface area contributed by atoms with E-state index in [9.17, 15) is 0 Å². The average molecular weight is 228 g/mol. The molecule has 2 N–H and O–H groups in total. The molecule has 0 aromatic carbocycles. The Balaban J connectivity index is 2.21. The zero-order chi connectivity index (χ0) is 12.0. The summed E-state index contributed by atoms with van der Waals surface area (Å²) in [6, 6.07) is 0.905. The van der Waals surface area contributed by atoms with Gasteiger partial charge in [-0.1, -0.05) is 20.8 Å². The van der Waals surface area contributed by atoms with Gasteiger partial charge < -0.3 is 15.3 Å². The van der Waals surface area contributed by atoms with Crippen molar-refractivity contribution in [1.29, 1.82) is 0 Å². The fourth-order valence-corrected chi connectivity index (χ4v) is 2.43. The van der Waals surface area contributed by atoms with Crippen LogP contribution in [0, 0.1) is 5.92 Å². The van der Waals surface area contributed by atoms with Gasteiger partial charge >= 0.3 is 0 Å². The Kier molecular flexibility index (Phi) is 6.32. The van der Waals surface area contributed by atoms with Gasteiger partial charge in [0.2, 0.25) is 0 Å². The highest BCUT2D eigenvalue weighted by atomic mass is 16.3. The van der Waals surface area contributed by atoms with E-state index in [0.29, 0.717) is 12.1 Å². The second-order valence-corrected chi connectivity index (χ2v) is 5.42. The largest absolute Gasteiger partial charge is 0.395 e. The van der Waals surface area contributed by atoms with Crippen LogP contribution in [0.15, 0.2) is 0 Å². The summed E-state index contributed by atoms with van der Waals surface area (Å²) < 4.78 is 0. The third kappa shape index (κ3) is 4.81. The molecule has 1 aliphatic rings. The smallest absolute Gasteiger partial charge is 0.0584 e. The first kappa shape index (κ1) is 13.9. The average Bonchev–Trinajstić information content (AvgIpc) is 2.27. The van der Waals surface area contributed by atoms with E-state index in [1.807, 2.05) is 0 Å². The molecule has 0 amide bonds. The van der Waals surface area contributed by atoms with Crippen molar-refractivity contribution in [1.82, 2.24) is 10.2 Å². The molecule has 1 rings (SSSR count). The molecule has 0 unspecified atom stereocenters. The summed E-state index contributed by atoms with van der Waals surface area (Å²) in [6.07, 6.45) is 3.47. The fraction of sp³-hybridized carbons (Fsp3) is 1.00. The molecule has 1 atom stereocenters. The number of nitrogens with one attached hydrogen (secondary N) is 1. The number of aliphatic hydroxyl groups excluding tert-OH is 1. The van der Waals surface area contributed by atoms with Crippen LogP contribution >= 0.6 is 0 Å². The number of piperidine rings is 1. The van der Waals surface area contributed by atoms with Gasteiger partial charge in [0, 0.05) is 18.6 Å². The molecule has 0 bridgehead atoms. The molecule has 16 heavy (non-hydrogen) atoms. The Bertz CT molecular complexity index is 173. The molecular formula is C13H28N2O. The van der Waals surface area contributed by atoms with Crippen LogP contribution in [0.1, 0.15) is 40.0 Å². The molecule has 0 aromatic rings. The summed E-state index contributed by atoms with van der Waals surface area (Å²) in [4.78, 5) is 2.56. The normalized spacial score (nSPS) is 21.6. The lowest BCUT2D eigenvalue weighted by molar-refractivity contribution is 0.159. The van der Waals surface area contributed by atoms with Crippen molar-refractivity contribution in [3.63, 3.8) is 0 Å². The third-order valence-corrected chi connectivity index (χ3v) is 3.40. The lowest BCUT2D eigenvalue weighted by Gasteiger charge is -2.34. The number of aliphatic hydroxyl groups is 1. The molecule has 1 heterocycles. The maximum absolute atomic E-state index is 9.15. The van der Waals surface area contributed by atoms with Crippen LogP contribution in [0.2, 0.25) is 0 Å². The highest BCUT2D eigenvalue weighted by molar-refractivity contribution is 4.80. The standard InChI is InChI=1S/C13H28N2O/c1-4-12(10-16)14-13-5-7-15(8-6-13)9-11(2)3/h11-14,16H,4-10H2,1-3H3/t12-/m1/s1. The van der Waals surface area contributed by atoms with Crippen molar-refractivity contribution in [2.45, 2.75) is 52.1 Å². The van der Waals surface area contributed by atoms with E-state index in [4.69, 9.17) is 5.11 Å². The Hall–Kier alpha value is -0.120. The van der Waals surface area contributed by atoms with Crippen LogP contribution in [0.25, 0.3) is 0 Å². The van der Waals surface area contributed by atoms with Crippen molar-refractivity contribution in [3.8, 4) is 0 Å². The summed E-state index contributed by atoms with van der Waals surface area (Å²) in [5.74, 6) is 0.769. The van der Waals surface area contributed by atoms with Crippen LogP contribution in [0.3, 0.4) is 0 Å². The minimum absolute atomic E-state index is 0.267. The van der Waals surface area contributed by atoms with Crippen LogP contribution < -0.4 is 5.32 Å². The van der Waals surface area contributed by atoms with Gasteiger partial charge in [-0.25, -0.2) is 0 Å². The molecule has 0 spiro atoms. The monoisotopic (exact) mass is 228 g/mol. The summed E-state index contributed by atoms with van der Waals surface area (Å²) in [6.45, 7) is 10.6. The van der Waals surface area contributed by atoms with Crippen LogP contribution in [-0.4, -0.2) is 48.3 Å². The molecule has 1 fully saturated rings. The van der Waals surface area contributed by atoms with Crippen molar-refractivity contribution in [3.05, 3.63) is 0 Å². The topological polar surface area (TPSA) is 35.5 Å². The number of hydrogen-bond acceptors (Lipinski definition) is 3.